The Hall–Kier alpha value is -0.915. The number of nitrogens with zero attached hydrogens (tertiary/aromatic N) is 1. The Morgan fingerprint density at radius 2 is 1.35 bits per heavy atom. The van der Waals surface area contributed by atoms with E-state index in [0.717, 1.165) is 5.46 Å². The van der Waals surface area contributed by atoms with E-state index < -0.39 is 18.3 Å². The van der Waals surface area contributed by atoms with Crippen molar-refractivity contribution in [3.05, 3.63) is 30.3 Å². The molecule has 0 aromatic heterocycles. The van der Waals surface area contributed by atoms with Crippen molar-refractivity contribution >= 4 is 12.6 Å². The van der Waals surface area contributed by atoms with Crippen LogP contribution in [0.25, 0.3) is 0 Å². The minimum absolute atomic E-state index is 0.756. The third-order valence-corrected chi connectivity index (χ3v) is 2.89. The molecule has 0 saturated heterocycles. The average Bonchev–Trinajstić information content (AvgIpc) is 2.27. The third-order valence-electron chi connectivity index (χ3n) is 2.89. The molecule has 0 aliphatic carbocycles. The molecule has 0 amide bonds. The number of hydrogen-bond donors (Lipinski definition) is 3. The van der Waals surface area contributed by atoms with Crippen molar-refractivity contribution in [1.82, 2.24) is 5.06 Å². The zero-order valence-corrected chi connectivity index (χ0v) is 13.2. The Labute approximate surface area is 121 Å². The van der Waals surface area contributed by atoms with E-state index in [1.165, 1.54) is 5.06 Å². The van der Waals surface area contributed by atoms with Crippen LogP contribution < -0.4 is 5.46 Å². The summed E-state index contributed by atoms with van der Waals surface area (Å²) in [6, 6.07) is 9.24. The smallest absolute Gasteiger partial charge is 0.422 e. The molecule has 0 fully saturated rings. The number of rotatable bonds is 4. The van der Waals surface area contributed by atoms with Crippen LogP contribution in [0.1, 0.15) is 27.7 Å². The van der Waals surface area contributed by atoms with Gasteiger partial charge in [0.25, 0.3) is 0 Å². The Kier molecular flexibility index (Phi) is 7.40. The second-order valence-corrected chi connectivity index (χ2v) is 5.80. The highest BCUT2D eigenvalue weighted by Crippen LogP contribution is 2.19. The molecule has 0 aliphatic rings. The second kappa shape index (κ2) is 7.76. The van der Waals surface area contributed by atoms with Gasteiger partial charge in [0.15, 0.2) is 0 Å². The van der Waals surface area contributed by atoms with Gasteiger partial charge in [0, 0.05) is 14.1 Å². The summed E-state index contributed by atoms with van der Waals surface area (Å²) in [4.78, 5) is 0. The Bertz CT molecular complexity index is 359. The summed E-state index contributed by atoms with van der Waals surface area (Å²) in [7, 11) is 2.58. The maximum atomic E-state index is 9.43. The van der Waals surface area contributed by atoms with Crippen molar-refractivity contribution in [2.45, 2.75) is 38.9 Å². The van der Waals surface area contributed by atoms with Gasteiger partial charge in [0.1, 0.15) is 0 Å². The lowest BCUT2D eigenvalue weighted by atomic mass is 9.80. The molecule has 0 unspecified atom stereocenters. The lowest BCUT2D eigenvalue weighted by Gasteiger charge is -2.31. The van der Waals surface area contributed by atoms with Crippen LogP contribution in [0.5, 0.6) is 0 Å². The number of hydrogen-bond acceptors (Lipinski definition) is 5. The third kappa shape index (κ3) is 7.62. The molecule has 0 saturated carbocycles. The normalized spacial score (nSPS) is 11.9. The summed E-state index contributed by atoms with van der Waals surface area (Å²) in [5.74, 6) is 0. The van der Waals surface area contributed by atoms with Crippen molar-refractivity contribution in [3.8, 4) is 0 Å². The highest BCUT2D eigenvalue weighted by atomic mass is 16.7. The lowest BCUT2D eigenvalue weighted by Crippen LogP contribution is -2.44. The maximum absolute atomic E-state index is 9.43. The van der Waals surface area contributed by atoms with E-state index in [9.17, 15) is 5.02 Å². The van der Waals surface area contributed by atoms with E-state index in [4.69, 9.17) is 15.0 Å². The molecule has 1 aromatic rings. The van der Waals surface area contributed by atoms with Crippen LogP contribution in [0.2, 0.25) is 0 Å². The molecular formula is C14H26BNO4. The summed E-state index contributed by atoms with van der Waals surface area (Å²) in [5, 5.41) is 29.1. The van der Waals surface area contributed by atoms with E-state index in [1.54, 1.807) is 41.8 Å². The van der Waals surface area contributed by atoms with Crippen molar-refractivity contribution in [2.75, 3.05) is 14.1 Å². The molecule has 20 heavy (non-hydrogen) atoms. The molecule has 5 nitrogen and oxygen atoms in total. The zero-order valence-electron chi connectivity index (χ0n) is 13.2. The monoisotopic (exact) mass is 283 g/mol. The average molecular weight is 283 g/mol. The van der Waals surface area contributed by atoms with Gasteiger partial charge in [0.2, 0.25) is 0 Å². The van der Waals surface area contributed by atoms with Crippen molar-refractivity contribution in [3.63, 3.8) is 0 Å². The van der Waals surface area contributed by atoms with Crippen LogP contribution in [-0.4, -0.2) is 52.7 Å². The summed E-state index contributed by atoms with van der Waals surface area (Å²) in [6.45, 7) is 6.31. The number of benzene rings is 1. The molecule has 0 radical (unpaired) electrons. The second-order valence-electron chi connectivity index (χ2n) is 5.80. The summed E-state index contributed by atoms with van der Waals surface area (Å²) in [5.41, 5.74) is -1.26. The van der Waals surface area contributed by atoms with Gasteiger partial charge in [-0.05, 0) is 33.2 Å². The summed E-state index contributed by atoms with van der Waals surface area (Å²) in [6.07, 6.45) is 0. The van der Waals surface area contributed by atoms with Gasteiger partial charge in [0.05, 0.1) is 11.2 Å². The first kappa shape index (κ1) is 19.1. The molecule has 6 heteroatoms. The van der Waals surface area contributed by atoms with E-state index in [2.05, 4.69) is 0 Å². The fourth-order valence-corrected chi connectivity index (χ4v) is 0.878. The van der Waals surface area contributed by atoms with Crippen molar-refractivity contribution in [2.24, 2.45) is 0 Å². The standard InChI is InChI=1S/C8H12BNO2.C6H14O2/c1-10(2)12-9(11)8-6-4-3-5-7-8;1-5(2,7)6(3,4)8/h3-7,11H,1-2H3;7-8H,1-4H3. The van der Waals surface area contributed by atoms with Gasteiger partial charge in [-0.15, -0.1) is 0 Å². The lowest BCUT2D eigenvalue weighted by molar-refractivity contribution is -0.107. The minimum Gasteiger partial charge on any atom is -0.422 e. The van der Waals surface area contributed by atoms with Gasteiger partial charge in [-0.1, -0.05) is 30.3 Å². The molecule has 0 bridgehead atoms. The molecule has 0 spiro atoms. The molecule has 1 aromatic carbocycles. The summed E-state index contributed by atoms with van der Waals surface area (Å²) >= 11 is 0. The van der Waals surface area contributed by atoms with Crippen molar-refractivity contribution in [1.29, 1.82) is 0 Å². The Morgan fingerprint density at radius 3 is 1.65 bits per heavy atom. The molecule has 0 aliphatic heterocycles. The van der Waals surface area contributed by atoms with Gasteiger partial charge in [-0.2, -0.15) is 0 Å². The van der Waals surface area contributed by atoms with Crippen LogP contribution in [-0.2, 0) is 4.76 Å². The molecule has 0 heterocycles. The van der Waals surface area contributed by atoms with Crippen LogP contribution in [0.4, 0.5) is 0 Å². The predicted octanol–water partition coefficient (Wildman–Crippen LogP) is 0.396. The summed E-state index contributed by atoms with van der Waals surface area (Å²) < 4.78 is 5.03. The van der Waals surface area contributed by atoms with Gasteiger partial charge >= 0.3 is 7.12 Å². The molecule has 114 valence electrons. The van der Waals surface area contributed by atoms with E-state index in [1.807, 2.05) is 30.3 Å². The topological polar surface area (TPSA) is 73.2 Å². The number of aliphatic hydroxyl groups is 2. The first-order valence-electron chi connectivity index (χ1n) is 6.47. The fourth-order valence-electron chi connectivity index (χ4n) is 0.878. The fraction of sp³-hybridized carbons (Fsp3) is 0.571. The first-order valence-corrected chi connectivity index (χ1v) is 6.47. The molecule has 1 rings (SSSR count). The predicted molar refractivity (Wildman–Crippen MR) is 81.4 cm³/mol. The quantitative estimate of drug-likeness (QED) is 0.551. The largest absolute Gasteiger partial charge is 0.508 e. The van der Waals surface area contributed by atoms with Crippen molar-refractivity contribution < 1.29 is 20.0 Å². The number of hydroxylamine groups is 2. The van der Waals surface area contributed by atoms with Crippen LogP contribution >= 0.6 is 0 Å². The first-order chi connectivity index (χ1) is 8.95. The van der Waals surface area contributed by atoms with Crippen LogP contribution in [0.15, 0.2) is 30.3 Å². The Morgan fingerprint density at radius 1 is 0.950 bits per heavy atom. The van der Waals surface area contributed by atoms with E-state index in [0.29, 0.717) is 0 Å². The minimum atomic E-state index is -1.01. The van der Waals surface area contributed by atoms with Gasteiger partial charge in [-0.25, -0.2) is 5.06 Å². The molecular weight excluding hydrogens is 257 g/mol. The van der Waals surface area contributed by atoms with Crippen LogP contribution in [0.3, 0.4) is 0 Å². The Balaban J connectivity index is 0.000000396. The SMILES string of the molecule is CC(C)(O)C(C)(C)O.CN(C)OB(O)c1ccccc1. The zero-order chi connectivity index (χ0) is 16.0. The van der Waals surface area contributed by atoms with Crippen LogP contribution in [0, 0.1) is 0 Å². The highest BCUT2D eigenvalue weighted by molar-refractivity contribution is 6.59. The van der Waals surface area contributed by atoms with Gasteiger partial charge < -0.3 is 20.0 Å². The molecule has 3 N–H and O–H groups in total. The van der Waals surface area contributed by atoms with E-state index >= 15 is 0 Å². The van der Waals surface area contributed by atoms with Gasteiger partial charge in [-0.3, -0.25) is 0 Å². The van der Waals surface area contributed by atoms with E-state index in [-0.39, 0.29) is 0 Å². The molecule has 0 atom stereocenters. The maximum Gasteiger partial charge on any atom is 0.508 e. The highest BCUT2D eigenvalue weighted by Gasteiger charge is 2.31.